The number of piperidine rings is 1. The second-order valence-corrected chi connectivity index (χ2v) is 6.72. The number of halogens is 3. The van der Waals surface area contributed by atoms with Gasteiger partial charge in [-0.3, -0.25) is 0 Å². The summed E-state index contributed by atoms with van der Waals surface area (Å²) in [5.41, 5.74) is 5.49. The molecule has 1 aromatic rings. The molecule has 0 aliphatic carbocycles. The molecular weight excluding hydrogens is 322 g/mol. The largest absolute Gasteiger partial charge is 0.330 e. The molecule has 2 rings (SSSR count). The molecule has 21 heavy (non-hydrogen) atoms. The van der Waals surface area contributed by atoms with E-state index in [2.05, 4.69) is 0 Å². The number of nitrogens with zero attached hydrogens (tertiary/aromatic N) is 1. The Morgan fingerprint density at radius 1 is 1.24 bits per heavy atom. The van der Waals surface area contributed by atoms with Gasteiger partial charge in [0.25, 0.3) is 0 Å². The van der Waals surface area contributed by atoms with Crippen LogP contribution in [0.15, 0.2) is 23.1 Å². The molecule has 120 valence electrons. The van der Waals surface area contributed by atoms with Crippen molar-refractivity contribution in [2.45, 2.75) is 36.6 Å². The number of rotatable bonds is 4. The molecule has 1 aliphatic rings. The summed E-state index contributed by atoms with van der Waals surface area (Å²) in [5, 5.41) is 0. The van der Waals surface area contributed by atoms with E-state index in [0.717, 1.165) is 24.6 Å². The predicted molar refractivity (Wildman–Crippen MR) is 78.8 cm³/mol. The first-order valence-corrected chi connectivity index (χ1v) is 8.08. The van der Waals surface area contributed by atoms with Crippen LogP contribution in [0.4, 0.5) is 8.78 Å². The quantitative estimate of drug-likeness (QED) is 0.914. The molecule has 1 aliphatic heterocycles. The summed E-state index contributed by atoms with van der Waals surface area (Å²) in [6, 6.07) is 2.78. The summed E-state index contributed by atoms with van der Waals surface area (Å²) in [6.45, 7) is 0.622. The molecule has 8 heteroatoms. The first kappa shape index (κ1) is 18.3. The van der Waals surface area contributed by atoms with Crippen molar-refractivity contribution in [1.82, 2.24) is 4.31 Å². The molecule has 1 aromatic carbocycles. The lowest BCUT2D eigenvalue weighted by atomic mass is 10.0. The second-order valence-electron chi connectivity index (χ2n) is 4.89. The molecule has 0 bridgehead atoms. The minimum Gasteiger partial charge on any atom is -0.330 e. The van der Waals surface area contributed by atoms with E-state index in [4.69, 9.17) is 5.73 Å². The summed E-state index contributed by atoms with van der Waals surface area (Å²) >= 11 is 0. The lowest BCUT2D eigenvalue weighted by molar-refractivity contribution is 0.241. The molecule has 2 N–H and O–H groups in total. The van der Waals surface area contributed by atoms with Crippen LogP contribution in [-0.2, 0) is 10.0 Å². The molecule has 1 unspecified atom stereocenters. The van der Waals surface area contributed by atoms with Crippen molar-refractivity contribution in [3.8, 4) is 0 Å². The van der Waals surface area contributed by atoms with Crippen LogP contribution < -0.4 is 5.73 Å². The Balaban J connectivity index is 0.00000220. The van der Waals surface area contributed by atoms with Crippen LogP contribution in [0, 0.1) is 11.6 Å². The van der Waals surface area contributed by atoms with Gasteiger partial charge in [-0.1, -0.05) is 12.5 Å². The highest BCUT2D eigenvalue weighted by atomic mass is 35.5. The Morgan fingerprint density at radius 3 is 2.43 bits per heavy atom. The second kappa shape index (κ2) is 7.49. The Hall–Kier alpha value is -0.760. The maximum absolute atomic E-state index is 13.7. The normalized spacial score (nSPS) is 20.0. The van der Waals surface area contributed by atoms with E-state index < -0.39 is 26.6 Å². The number of nitrogens with two attached hydrogens (primary N) is 1. The van der Waals surface area contributed by atoms with Crippen molar-refractivity contribution < 1.29 is 17.2 Å². The van der Waals surface area contributed by atoms with Crippen LogP contribution in [-0.4, -0.2) is 31.9 Å². The fourth-order valence-corrected chi connectivity index (χ4v) is 4.45. The SMILES string of the molecule is Cl.NCCC1CCCCN1S(=O)(=O)c1c(F)cccc1F. The highest BCUT2D eigenvalue weighted by molar-refractivity contribution is 7.89. The van der Waals surface area contributed by atoms with E-state index in [1.807, 2.05) is 0 Å². The summed E-state index contributed by atoms with van der Waals surface area (Å²) in [5.74, 6) is -2.11. The van der Waals surface area contributed by atoms with Crippen LogP contribution in [0.2, 0.25) is 0 Å². The summed E-state index contributed by atoms with van der Waals surface area (Å²) in [6.07, 6.45) is 2.76. The summed E-state index contributed by atoms with van der Waals surface area (Å²) in [4.78, 5) is -0.857. The van der Waals surface area contributed by atoms with E-state index in [9.17, 15) is 17.2 Å². The lowest BCUT2D eigenvalue weighted by Gasteiger charge is -2.34. The molecule has 0 saturated carbocycles. The first-order chi connectivity index (χ1) is 9.48. The van der Waals surface area contributed by atoms with Gasteiger partial charge in [-0.15, -0.1) is 12.4 Å². The van der Waals surface area contributed by atoms with Crippen LogP contribution in [0.1, 0.15) is 25.7 Å². The maximum Gasteiger partial charge on any atom is 0.249 e. The molecule has 1 heterocycles. The van der Waals surface area contributed by atoms with E-state index in [0.29, 0.717) is 25.8 Å². The van der Waals surface area contributed by atoms with Crippen molar-refractivity contribution >= 4 is 22.4 Å². The van der Waals surface area contributed by atoms with E-state index in [-0.39, 0.29) is 25.0 Å². The molecule has 0 amide bonds. The minimum absolute atomic E-state index is 0. The molecule has 1 fully saturated rings. The van der Waals surface area contributed by atoms with Crippen LogP contribution >= 0.6 is 12.4 Å². The van der Waals surface area contributed by atoms with Gasteiger partial charge in [0.2, 0.25) is 10.0 Å². The van der Waals surface area contributed by atoms with Gasteiger partial charge in [-0.25, -0.2) is 17.2 Å². The molecule has 0 aromatic heterocycles. The number of hydrogen-bond acceptors (Lipinski definition) is 3. The minimum atomic E-state index is -4.17. The number of sulfonamides is 1. The van der Waals surface area contributed by atoms with Crippen molar-refractivity contribution in [2.24, 2.45) is 5.73 Å². The first-order valence-electron chi connectivity index (χ1n) is 6.64. The Labute approximate surface area is 129 Å². The molecule has 1 saturated heterocycles. The Kier molecular flexibility index (Phi) is 6.52. The van der Waals surface area contributed by atoms with Crippen LogP contribution in [0.25, 0.3) is 0 Å². The van der Waals surface area contributed by atoms with Crippen LogP contribution in [0.3, 0.4) is 0 Å². The number of hydrogen-bond donors (Lipinski definition) is 1. The van der Waals surface area contributed by atoms with E-state index in [1.165, 1.54) is 4.31 Å². The topological polar surface area (TPSA) is 63.4 Å². The highest BCUT2D eigenvalue weighted by Gasteiger charge is 2.36. The predicted octanol–water partition coefficient (Wildman–Crippen LogP) is 2.28. The van der Waals surface area contributed by atoms with Crippen molar-refractivity contribution in [2.75, 3.05) is 13.1 Å². The maximum atomic E-state index is 13.7. The van der Waals surface area contributed by atoms with Gasteiger partial charge in [-0.2, -0.15) is 4.31 Å². The fourth-order valence-electron chi connectivity index (χ4n) is 2.62. The van der Waals surface area contributed by atoms with Crippen molar-refractivity contribution in [3.05, 3.63) is 29.8 Å². The zero-order valence-corrected chi connectivity index (χ0v) is 13.1. The van der Waals surface area contributed by atoms with Crippen molar-refractivity contribution in [3.63, 3.8) is 0 Å². The van der Waals surface area contributed by atoms with Crippen LogP contribution in [0.5, 0.6) is 0 Å². The fraction of sp³-hybridized carbons (Fsp3) is 0.538. The van der Waals surface area contributed by atoms with Gasteiger partial charge < -0.3 is 5.73 Å². The third-order valence-electron chi connectivity index (χ3n) is 3.56. The standard InChI is InChI=1S/C13H18F2N2O2S.ClH/c14-11-5-3-6-12(15)13(11)20(18,19)17-9-2-1-4-10(17)7-8-16;/h3,5-6,10H,1-2,4,7-9,16H2;1H. The van der Waals surface area contributed by atoms with Gasteiger partial charge in [0, 0.05) is 12.6 Å². The van der Waals surface area contributed by atoms with Gasteiger partial charge in [0.1, 0.15) is 11.6 Å². The average Bonchev–Trinajstić information content (AvgIpc) is 2.39. The Bertz CT molecular complexity index is 561. The summed E-state index contributed by atoms with van der Waals surface area (Å²) < 4.78 is 53.7. The zero-order valence-electron chi connectivity index (χ0n) is 11.5. The molecule has 4 nitrogen and oxygen atoms in total. The third kappa shape index (κ3) is 3.71. The number of benzene rings is 1. The molecule has 0 spiro atoms. The monoisotopic (exact) mass is 340 g/mol. The Morgan fingerprint density at radius 2 is 1.86 bits per heavy atom. The summed E-state index contributed by atoms with van der Waals surface area (Å²) in [7, 11) is -4.17. The molecule has 1 atom stereocenters. The molecule has 0 radical (unpaired) electrons. The zero-order chi connectivity index (χ0) is 14.8. The van der Waals surface area contributed by atoms with E-state index >= 15 is 0 Å². The van der Waals surface area contributed by atoms with E-state index in [1.54, 1.807) is 0 Å². The lowest BCUT2D eigenvalue weighted by Crippen LogP contribution is -2.45. The van der Waals surface area contributed by atoms with Crippen molar-refractivity contribution in [1.29, 1.82) is 0 Å². The van der Waals surface area contributed by atoms with Gasteiger partial charge in [0.15, 0.2) is 4.90 Å². The van der Waals surface area contributed by atoms with Gasteiger partial charge in [-0.05, 0) is 37.9 Å². The van der Waals surface area contributed by atoms with Gasteiger partial charge >= 0.3 is 0 Å². The third-order valence-corrected chi connectivity index (χ3v) is 5.56. The van der Waals surface area contributed by atoms with Gasteiger partial charge in [0.05, 0.1) is 0 Å². The molecular formula is C13H19ClF2N2O2S. The smallest absolute Gasteiger partial charge is 0.249 e. The average molecular weight is 341 g/mol. The highest BCUT2D eigenvalue weighted by Crippen LogP contribution is 2.29.